The van der Waals surface area contributed by atoms with Crippen LogP contribution in [0.25, 0.3) is 0 Å². The zero-order chi connectivity index (χ0) is 15.2. The van der Waals surface area contributed by atoms with Crippen molar-refractivity contribution >= 4 is 10.9 Å². The fourth-order valence-corrected chi connectivity index (χ4v) is 3.41. The maximum atomic E-state index is 5.81. The van der Waals surface area contributed by atoms with Crippen molar-refractivity contribution in [3.63, 3.8) is 0 Å². The van der Waals surface area contributed by atoms with Crippen LogP contribution in [0.5, 0.6) is 0 Å². The molecule has 0 aliphatic rings. The lowest BCUT2D eigenvalue weighted by atomic mass is 10.1. The van der Waals surface area contributed by atoms with Crippen molar-refractivity contribution in [1.82, 2.24) is 0 Å². The van der Waals surface area contributed by atoms with Crippen molar-refractivity contribution in [3.05, 3.63) is 43.0 Å². The highest BCUT2D eigenvalue weighted by atomic mass is 32.2. The summed E-state index contributed by atoms with van der Waals surface area (Å²) < 4.78 is 5.81. The smallest absolute Gasteiger partial charge is 0.213 e. The van der Waals surface area contributed by atoms with Crippen molar-refractivity contribution in [2.45, 2.75) is 56.3 Å². The van der Waals surface area contributed by atoms with Crippen molar-refractivity contribution in [3.8, 4) is 0 Å². The first kappa shape index (κ1) is 18.3. The Balaban J connectivity index is 1.87. The van der Waals surface area contributed by atoms with Crippen molar-refractivity contribution < 1.29 is 4.74 Å². The third-order valence-electron chi connectivity index (χ3n) is 3.60. The summed E-state index contributed by atoms with van der Waals surface area (Å²) in [5.74, 6) is 0.867. The van der Waals surface area contributed by atoms with E-state index in [1.807, 2.05) is 6.08 Å². The monoisotopic (exact) mass is 307 g/mol. The van der Waals surface area contributed by atoms with Gasteiger partial charge in [0.25, 0.3) is 0 Å². The van der Waals surface area contributed by atoms with Crippen LogP contribution in [0.1, 0.15) is 51.4 Å². The molecule has 0 bridgehead atoms. The number of benzene rings is 1. The van der Waals surface area contributed by atoms with Crippen LogP contribution < -0.4 is 0 Å². The number of allylic oxidation sites excluding steroid dienone is 1. The van der Waals surface area contributed by atoms with Gasteiger partial charge in [0, 0.05) is 10.9 Å². The zero-order valence-electron chi connectivity index (χ0n) is 13.6. The molecule has 118 valence electrons. The molecule has 1 nitrogen and oxygen atoms in total. The third kappa shape index (κ3) is 9.76. The molecule has 0 fully saturated rings. The van der Waals surface area contributed by atoms with E-state index < -0.39 is 0 Å². The Morgan fingerprint density at radius 2 is 1.57 bits per heavy atom. The van der Waals surface area contributed by atoms with Crippen LogP contribution in [-0.4, -0.2) is 18.8 Å². The van der Waals surface area contributed by atoms with E-state index in [0.717, 1.165) is 12.5 Å². The minimum absolute atomic E-state index is 0.223. The molecule has 1 rings (SSSR count). The Bertz CT molecular complexity index is 350. The van der Waals surface area contributed by atoms with Crippen molar-refractivity contribution in [2.24, 2.45) is 0 Å². The SMILES string of the molecule is C=CCCCCCCCCCOC[S+](C)c1ccccc1. The molecule has 0 spiro atoms. The Hall–Kier alpha value is -0.730. The van der Waals surface area contributed by atoms with Crippen molar-refractivity contribution in [1.29, 1.82) is 0 Å². The lowest BCUT2D eigenvalue weighted by molar-refractivity contribution is 0.175. The second kappa shape index (κ2) is 13.0. The molecule has 0 saturated carbocycles. The molecule has 1 aromatic carbocycles. The maximum Gasteiger partial charge on any atom is 0.213 e. The second-order valence-electron chi connectivity index (χ2n) is 5.53. The first-order valence-corrected chi connectivity index (χ1v) is 10.0. The van der Waals surface area contributed by atoms with Crippen LogP contribution in [0.3, 0.4) is 0 Å². The lowest BCUT2D eigenvalue weighted by Crippen LogP contribution is -2.09. The first-order valence-electron chi connectivity index (χ1n) is 8.21. The van der Waals surface area contributed by atoms with Gasteiger partial charge < -0.3 is 4.74 Å². The van der Waals surface area contributed by atoms with Crippen LogP contribution in [0.2, 0.25) is 0 Å². The predicted molar refractivity (Wildman–Crippen MR) is 95.9 cm³/mol. The Labute approximate surface area is 134 Å². The standard InChI is InChI=1S/C19H31OS/c1-3-4-5-6-7-8-9-10-14-17-20-18-21(2)19-15-12-11-13-16-19/h3,11-13,15-16H,1,4-10,14,17-18H2,2H3/q+1. The highest BCUT2D eigenvalue weighted by Gasteiger charge is 2.13. The summed E-state index contributed by atoms with van der Waals surface area (Å²) in [7, 11) is 0.223. The highest BCUT2D eigenvalue weighted by molar-refractivity contribution is 7.96. The molecule has 0 aromatic heterocycles. The zero-order valence-corrected chi connectivity index (χ0v) is 14.4. The largest absolute Gasteiger partial charge is 0.336 e. The van der Waals surface area contributed by atoms with Gasteiger partial charge in [-0.15, -0.1) is 6.58 Å². The van der Waals surface area contributed by atoms with Gasteiger partial charge in [-0.1, -0.05) is 56.4 Å². The van der Waals surface area contributed by atoms with Gasteiger partial charge in [-0.2, -0.15) is 0 Å². The fourth-order valence-electron chi connectivity index (χ4n) is 2.28. The highest BCUT2D eigenvalue weighted by Crippen LogP contribution is 2.12. The number of hydrogen-bond acceptors (Lipinski definition) is 1. The van der Waals surface area contributed by atoms with E-state index in [-0.39, 0.29) is 10.9 Å². The average Bonchev–Trinajstić information content (AvgIpc) is 2.53. The van der Waals surface area contributed by atoms with Gasteiger partial charge >= 0.3 is 0 Å². The van der Waals surface area contributed by atoms with Crippen molar-refractivity contribution in [2.75, 3.05) is 18.8 Å². The lowest BCUT2D eigenvalue weighted by Gasteiger charge is -2.05. The number of ether oxygens (including phenoxy) is 1. The summed E-state index contributed by atoms with van der Waals surface area (Å²) in [6.45, 7) is 4.67. The Kier molecular flexibility index (Phi) is 11.3. The molecule has 21 heavy (non-hydrogen) atoms. The van der Waals surface area contributed by atoms with Crippen LogP contribution in [0, 0.1) is 0 Å². The van der Waals surface area contributed by atoms with Crippen LogP contribution in [0.15, 0.2) is 47.9 Å². The molecule has 0 radical (unpaired) electrons. The summed E-state index contributed by atoms with van der Waals surface area (Å²) in [4.78, 5) is 1.40. The summed E-state index contributed by atoms with van der Waals surface area (Å²) in [5.41, 5.74) is 0. The van der Waals surface area contributed by atoms with Gasteiger partial charge in [-0.25, -0.2) is 0 Å². The van der Waals surface area contributed by atoms with E-state index in [1.54, 1.807) is 0 Å². The molecule has 2 heteroatoms. The van der Waals surface area contributed by atoms with Gasteiger partial charge in [0.1, 0.15) is 6.26 Å². The topological polar surface area (TPSA) is 9.23 Å². The van der Waals surface area contributed by atoms with E-state index in [4.69, 9.17) is 4.74 Å². The Morgan fingerprint density at radius 3 is 2.24 bits per heavy atom. The minimum atomic E-state index is 0.223. The van der Waals surface area contributed by atoms with Crippen LogP contribution in [0.4, 0.5) is 0 Å². The molecule has 0 heterocycles. The van der Waals surface area contributed by atoms with E-state index in [1.165, 1.54) is 56.3 Å². The Morgan fingerprint density at radius 1 is 0.952 bits per heavy atom. The molecule has 0 amide bonds. The van der Waals surface area contributed by atoms with E-state index >= 15 is 0 Å². The number of rotatable bonds is 13. The van der Waals surface area contributed by atoms with Gasteiger partial charge in [0.05, 0.1) is 6.61 Å². The van der Waals surface area contributed by atoms with E-state index in [2.05, 4.69) is 43.2 Å². The summed E-state index contributed by atoms with van der Waals surface area (Å²) >= 11 is 0. The van der Waals surface area contributed by atoms with Crippen LogP contribution >= 0.6 is 0 Å². The molecule has 1 aromatic rings. The maximum absolute atomic E-state index is 5.81. The molecule has 1 atom stereocenters. The number of unbranched alkanes of at least 4 members (excludes halogenated alkanes) is 7. The quantitative estimate of drug-likeness (QED) is 0.263. The molecule has 0 saturated heterocycles. The first-order chi connectivity index (χ1) is 10.3. The molecule has 0 aliphatic heterocycles. The average molecular weight is 308 g/mol. The third-order valence-corrected chi connectivity index (χ3v) is 5.20. The summed E-state index contributed by atoms with van der Waals surface area (Å²) in [5, 5.41) is 0. The number of hydrogen-bond donors (Lipinski definition) is 0. The summed E-state index contributed by atoms with van der Waals surface area (Å²) in [6.07, 6.45) is 14.8. The summed E-state index contributed by atoms with van der Waals surface area (Å²) in [6, 6.07) is 10.7. The van der Waals surface area contributed by atoms with E-state index in [0.29, 0.717) is 0 Å². The van der Waals surface area contributed by atoms with Crippen LogP contribution in [-0.2, 0) is 15.6 Å². The van der Waals surface area contributed by atoms with E-state index in [9.17, 15) is 0 Å². The van der Waals surface area contributed by atoms with Gasteiger partial charge in [-0.3, -0.25) is 0 Å². The fraction of sp³-hybridized carbons (Fsp3) is 0.579. The normalized spacial score (nSPS) is 12.2. The predicted octanol–water partition coefficient (Wildman–Crippen LogP) is 5.57. The molecule has 0 aliphatic carbocycles. The minimum Gasteiger partial charge on any atom is -0.336 e. The molecular formula is C19H31OS+. The van der Waals surface area contributed by atoms with Gasteiger partial charge in [0.2, 0.25) is 5.94 Å². The van der Waals surface area contributed by atoms with Gasteiger partial charge in [-0.05, 0) is 31.4 Å². The second-order valence-corrected chi connectivity index (χ2v) is 7.51. The van der Waals surface area contributed by atoms with Gasteiger partial charge in [0.15, 0.2) is 4.90 Å². The molecule has 1 unspecified atom stereocenters. The molecule has 0 N–H and O–H groups in total. The molecular weight excluding hydrogens is 276 g/mol.